The normalized spacial score (nSPS) is 17.3. The molecule has 0 aliphatic carbocycles. The number of amides is 1. The highest BCUT2D eigenvalue weighted by molar-refractivity contribution is 5.81. The summed E-state index contributed by atoms with van der Waals surface area (Å²) in [5, 5.41) is 9.98. The van der Waals surface area contributed by atoms with E-state index in [-0.39, 0.29) is 5.91 Å². The summed E-state index contributed by atoms with van der Waals surface area (Å²) < 4.78 is 0. The quantitative estimate of drug-likeness (QED) is 0.878. The van der Waals surface area contributed by atoms with Crippen molar-refractivity contribution in [2.75, 3.05) is 31.1 Å². The fourth-order valence-corrected chi connectivity index (χ4v) is 2.80. The van der Waals surface area contributed by atoms with Crippen LogP contribution in [0.25, 0.3) is 0 Å². The summed E-state index contributed by atoms with van der Waals surface area (Å²) in [4.78, 5) is 16.5. The molecule has 1 aromatic rings. The zero-order valence-electron chi connectivity index (χ0n) is 13.7. The fraction of sp³-hybridized carbons (Fsp3) is 0.611. The summed E-state index contributed by atoms with van der Waals surface area (Å²) >= 11 is 0. The number of anilines is 1. The average Bonchev–Trinajstić information content (AvgIpc) is 2.55. The van der Waals surface area contributed by atoms with Crippen molar-refractivity contribution in [1.82, 2.24) is 4.90 Å². The molecular formula is C18H28N2O2. The molecule has 0 bridgehead atoms. The van der Waals surface area contributed by atoms with E-state index in [9.17, 15) is 9.90 Å². The Labute approximate surface area is 133 Å². The van der Waals surface area contributed by atoms with E-state index in [1.807, 2.05) is 47.1 Å². The zero-order chi connectivity index (χ0) is 15.9. The maximum atomic E-state index is 12.6. The lowest BCUT2D eigenvalue weighted by molar-refractivity contribution is -0.131. The number of carbonyl (C=O) groups is 1. The highest BCUT2D eigenvalue weighted by Crippen LogP contribution is 2.18. The Morgan fingerprint density at radius 1 is 1.32 bits per heavy atom. The highest BCUT2D eigenvalue weighted by Gasteiger charge is 2.23. The molecule has 1 atom stereocenters. The van der Waals surface area contributed by atoms with Gasteiger partial charge in [-0.2, -0.15) is 0 Å². The Hall–Kier alpha value is -1.55. The number of likely N-dealkylation sites (tertiary alicyclic amines) is 1. The lowest BCUT2D eigenvalue weighted by atomic mass is 9.99. The van der Waals surface area contributed by atoms with E-state index >= 15 is 0 Å². The predicted molar refractivity (Wildman–Crippen MR) is 89.9 cm³/mol. The monoisotopic (exact) mass is 304 g/mol. The summed E-state index contributed by atoms with van der Waals surface area (Å²) in [5.41, 5.74) is 0.994. The van der Waals surface area contributed by atoms with Crippen LogP contribution >= 0.6 is 0 Å². The van der Waals surface area contributed by atoms with Crippen LogP contribution in [-0.2, 0) is 4.79 Å². The Morgan fingerprint density at radius 2 is 1.95 bits per heavy atom. The topological polar surface area (TPSA) is 43.8 Å². The minimum atomic E-state index is -0.408. The number of para-hydroxylation sites is 1. The van der Waals surface area contributed by atoms with Gasteiger partial charge in [-0.05, 0) is 37.3 Å². The van der Waals surface area contributed by atoms with Gasteiger partial charge in [0, 0.05) is 25.3 Å². The number of nitrogens with zero attached hydrogens (tertiary/aromatic N) is 2. The van der Waals surface area contributed by atoms with E-state index in [0.29, 0.717) is 19.5 Å². The molecule has 122 valence electrons. The summed E-state index contributed by atoms with van der Waals surface area (Å²) in [6.07, 6.45) is 2.47. The maximum absolute atomic E-state index is 12.6. The molecular weight excluding hydrogens is 276 g/mol. The summed E-state index contributed by atoms with van der Waals surface area (Å²) in [7, 11) is 0. The van der Waals surface area contributed by atoms with Crippen LogP contribution in [-0.4, -0.2) is 48.2 Å². The molecule has 4 nitrogen and oxygen atoms in total. The summed E-state index contributed by atoms with van der Waals surface area (Å²) in [5.74, 6) is 0.884. The number of benzene rings is 1. The predicted octanol–water partition coefficient (Wildman–Crippen LogP) is 2.52. The van der Waals surface area contributed by atoms with Crippen LogP contribution in [0.4, 0.5) is 5.69 Å². The second-order valence-corrected chi connectivity index (χ2v) is 6.34. The number of piperidine rings is 1. The van der Waals surface area contributed by atoms with E-state index in [4.69, 9.17) is 0 Å². The first-order chi connectivity index (χ1) is 10.6. The average molecular weight is 304 g/mol. The Bertz CT molecular complexity index is 455. The molecule has 1 aliphatic heterocycles. The van der Waals surface area contributed by atoms with E-state index < -0.39 is 6.10 Å². The third-order valence-electron chi connectivity index (χ3n) is 4.49. The van der Waals surface area contributed by atoms with Gasteiger partial charge in [0.05, 0.1) is 12.6 Å². The minimum Gasteiger partial charge on any atom is -0.391 e. The van der Waals surface area contributed by atoms with Crippen LogP contribution in [0.15, 0.2) is 30.3 Å². The van der Waals surface area contributed by atoms with Gasteiger partial charge in [-0.25, -0.2) is 0 Å². The second-order valence-electron chi connectivity index (χ2n) is 6.34. The first-order valence-electron chi connectivity index (χ1n) is 8.36. The molecule has 0 spiro atoms. The zero-order valence-corrected chi connectivity index (χ0v) is 13.7. The van der Waals surface area contributed by atoms with Gasteiger partial charge < -0.3 is 14.9 Å². The van der Waals surface area contributed by atoms with Crippen molar-refractivity contribution >= 4 is 11.6 Å². The molecule has 0 saturated carbocycles. The number of hydrogen-bond donors (Lipinski definition) is 1. The molecule has 0 aromatic heterocycles. The van der Waals surface area contributed by atoms with Gasteiger partial charge in [-0.15, -0.1) is 0 Å². The first kappa shape index (κ1) is 16.8. The van der Waals surface area contributed by atoms with Crippen molar-refractivity contribution in [1.29, 1.82) is 0 Å². The van der Waals surface area contributed by atoms with Crippen LogP contribution in [0.3, 0.4) is 0 Å². The molecule has 4 heteroatoms. The minimum absolute atomic E-state index is 0.166. The Balaban J connectivity index is 2.01. The fourth-order valence-electron chi connectivity index (χ4n) is 2.80. The molecule has 1 amide bonds. The lowest BCUT2D eigenvalue weighted by Gasteiger charge is -2.33. The third kappa shape index (κ3) is 4.73. The smallest absolute Gasteiger partial charge is 0.242 e. The SMILES string of the molecule is CCC(O)CN(CC(=O)N1CCC(C)CC1)c1ccccc1. The van der Waals surface area contributed by atoms with Gasteiger partial charge in [0.2, 0.25) is 5.91 Å². The first-order valence-corrected chi connectivity index (χ1v) is 8.36. The van der Waals surface area contributed by atoms with Crippen LogP contribution in [0.5, 0.6) is 0 Å². The van der Waals surface area contributed by atoms with Crippen molar-refractivity contribution < 1.29 is 9.90 Å². The van der Waals surface area contributed by atoms with E-state index in [2.05, 4.69) is 6.92 Å². The number of carbonyl (C=O) groups excluding carboxylic acids is 1. The Morgan fingerprint density at radius 3 is 2.55 bits per heavy atom. The second kappa shape index (κ2) is 8.18. The molecule has 1 heterocycles. The lowest BCUT2D eigenvalue weighted by Crippen LogP contribution is -2.45. The molecule has 1 unspecified atom stereocenters. The van der Waals surface area contributed by atoms with Crippen molar-refractivity contribution in [3.05, 3.63) is 30.3 Å². The Kier molecular flexibility index (Phi) is 6.25. The molecule has 0 radical (unpaired) electrons. The van der Waals surface area contributed by atoms with Crippen molar-refractivity contribution in [3.63, 3.8) is 0 Å². The van der Waals surface area contributed by atoms with E-state index in [0.717, 1.165) is 37.5 Å². The molecule has 22 heavy (non-hydrogen) atoms. The van der Waals surface area contributed by atoms with Gasteiger partial charge in [0.15, 0.2) is 0 Å². The molecule has 1 aromatic carbocycles. The van der Waals surface area contributed by atoms with Crippen LogP contribution < -0.4 is 4.90 Å². The van der Waals surface area contributed by atoms with Gasteiger partial charge in [0.25, 0.3) is 0 Å². The number of hydrogen-bond acceptors (Lipinski definition) is 3. The van der Waals surface area contributed by atoms with Crippen LogP contribution in [0.1, 0.15) is 33.1 Å². The van der Waals surface area contributed by atoms with Crippen LogP contribution in [0, 0.1) is 5.92 Å². The molecule has 1 fully saturated rings. The number of rotatable bonds is 6. The van der Waals surface area contributed by atoms with Gasteiger partial charge in [-0.3, -0.25) is 4.79 Å². The molecule has 1 N–H and O–H groups in total. The largest absolute Gasteiger partial charge is 0.391 e. The summed E-state index contributed by atoms with van der Waals surface area (Å²) in [6, 6.07) is 9.88. The van der Waals surface area contributed by atoms with Crippen LogP contribution in [0.2, 0.25) is 0 Å². The molecule has 2 rings (SSSR count). The maximum Gasteiger partial charge on any atom is 0.242 e. The van der Waals surface area contributed by atoms with E-state index in [1.165, 1.54) is 0 Å². The van der Waals surface area contributed by atoms with Crippen molar-refractivity contribution in [2.24, 2.45) is 5.92 Å². The van der Waals surface area contributed by atoms with Gasteiger partial charge >= 0.3 is 0 Å². The number of aliphatic hydroxyl groups excluding tert-OH is 1. The van der Waals surface area contributed by atoms with Gasteiger partial charge in [0.1, 0.15) is 0 Å². The third-order valence-corrected chi connectivity index (χ3v) is 4.49. The van der Waals surface area contributed by atoms with E-state index in [1.54, 1.807) is 0 Å². The number of aliphatic hydroxyl groups is 1. The summed E-state index contributed by atoms with van der Waals surface area (Å²) in [6.45, 7) is 6.77. The standard InChI is InChI=1S/C18H28N2O2/c1-3-17(21)13-20(16-7-5-4-6-8-16)14-18(22)19-11-9-15(2)10-12-19/h4-8,15,17,21H,3,9-14H2,1-2H3. The van der Waals surface area contributed by atoms with Gasteiger partial charge in [-0.1, -0.05) is 32.0 Å². The highest BCUT2D eigenvalue weighted by atomic mass is 16.3. The molecule has 1 saturated heterocycles. The van der Waals surface area contributed by atoms with Crippen molar-refractivity contribution in [2.45, 2.75) is 39.2 Å². The molecule has 1 aliphatic rings. The van der Waals surface area contributed by atoms with Crippen molar-refractivity contribution in [3.8, 4) is 0 Å².